The molecule has 4 heterocycles. The molecule has 0 bridgehead atoms. The summed E-state index contributed by atoms with van der Waals surface area (Å²) in [5, 5.41) is 17.0. The van der Waals surface area contributed by atoms with Gasteiger partial charge in [-0.25, -0.2) is 9.38 Å². The van der Waals surface area contributed by atoms with Crippen LogP contribution in [0.15, 0.2) is 22.3 Å². The molecule has 0 saturated carbocycles. The van der Waals surface area contributed by atoms with Gasteiger partial charge in [-0.2, -0.15) is 19.3 Å². The van der Waals surface area contributed by atoms with Crippen molar-refractivity contribution in [2.24, 2.45) is 10.4 Å². The lowest BCUT2D eigenvalue weighted by molar-refractivity contribution is -0.193. The number of ether oxygens (including phenoxy) is 1. The zero-order chi connectivity index (χ0) is 42.4. The van der Waals surface area contributed by atoms with E-state index in [4.69, 9.17) is 21.2 Å². The zero-order valence-corrected chi connectivity index (χ0v) is 36.6. The average Bonchev–Trinajstić information content (AvgIpc) is 3.56. The highest BCUT2D eigenvalue weighted by atomic mass is 32.2. The molecule has 56 heavy (non-hydrogen) atoms. The van der Waals surface area contributed by atoms with Crippen LogP contribution < -0.4 is 35.3 Å². The van der Waals surface area contributed by atoms with Crippen LogP contribution in [0.5, 0.6) is 5.75 Å². The van der Waals surface area contributed by atoms with Gasteiger partial charge in [0.05, 0.1) is 43.8 Å². The van der Waals surface area contributed by atoms with Gasteiger partial charge in [0.2, 0.25) is 16.7 Å². The maximum atomic E-state index is 14.5. The molecule has 1 unspecified atom stereocenters. The molecular formula is C34H52FN10O7PS3. The Hall–Kier alpha value is -3.77. The molecule has 22 heteroatoms. The van der Waals surface area contributed by atoms with Crippen LogP contribution >= 0.6 is 30.9 Å². The predicted molar refractivity (Wildman–Crippen MR) is 221 cm³/mol. The predicted octanol–water partition coefficient (Wildman–Crippen LogP) is 3.15. The smallest absolute Gasteiger partial charge is 0.317 e. The Bertz CT molecular complexity index is 1960. The minimum absolute atomic E-state index is 0.0550. The fourth-order valence-corrected chi connectivity index (χ4v) is 6.13. The summed E-state index contributed by atoms with van der Waals surface area (Å²) in [5.74, 6) is 2.98. The van der Waals surface area contributed by atoms with Gasteiger partial charge in [-0.05, 0) is 56.3 Å². The lowest BCUT2D eigenvalue weighted by Gasteiger charge is -2.28. The average molecular weight is 859 g/mol. The standard InChI is InChI=1S/C18H17FN4O2S.C10H19N5S.C3H8NO5P.C3H9S/c1-4-5-22-13-7-12(11(19)6-14(13)25-9-16(22)24)20-17-23-10-18(2,3)8-15(23)21-26-17;1-6-11-7-12-8(15-10(2,3)4)14-9(13-7)16-5;5-3(6)1-4-2-10(7,8)9;1-4(2)3/h1,6-7H,5,8-10H2,2-3H3;6H2,1-5H3,(H2,11,12,13,14,15);4H,1-2H2,(H,5,6)(H2,7,8,9);1-3H3/q;;;+1/p-1/b20-17-;;;. The van der Waals surface area contributed by atoms with E-state index in [-0.39, 0.29) is 35.7 Å². The second kappa shape index (κ2) is 21.7. The number of hydrogen-bond acceptors (Lipinski definition) is 15. The number of fused-ring (bicyclic) bond motifs is 2. The molecule has 2 aliphatic rings. The molecule has 310 valence electrons. The minimum atomic E-state index is -4.35. The van der Waals surface area contributed by atoms with Crippen LogP contribution in [0.1, 0.15) is 47.4 Å². The number of halogens is 1. The molecule has 0 radical (unpaired) electrons. The lowest BCUT2D eigenvalue weighted by Crippen LogP contribution is -2.39. The number of nitrogens with one attached hydrogen (secondary N) is 3. The number of rotatable bonds is 10. The van der Waals surface area contributed by atoms with Crippen LogP contribution in [0.25, 0.3) is 0 Å². The molecular weight excluding hydrogens is 807 g/mol. The second-order valence-corrected chi connectivity index (χ2v) is 19.9. The first kappa shape index (κ1) is 48.4. The number of hydrogen-bond donors (Lipinski definition) is 5. The number of carboxylic acid groups (broad SMARTS) is 1. The van der Waals surface area contributed by atoms with Gasteiger partial charge < -0.3 is 39.4 Å². The molecule has 1 amide bonds. The van der Waals surface area contributed by atoms with Gasteiger partial charge in [0.1, 0.15) is 24.9 Å². The van der Waals surface area contributed by atoms with Crippen LogP contribution in [0.3, 0.4) is 0 Å². The third kappa shape index (κ3) is 17.2. The molecule has 17 nitrogen and oxygen atoms in total. The Morgan fingerprint density at radius 3 is 2.45 bits per heavy atom. The largest absolute Gasteiger partial charge is 0.778 e. The molecule has 0 fully saturated rings. The number of aliphatic carboxylic acids is 1. The van der Waals surface area contributed by atoms with E-state index in [2.05, 4.69) is 94.3 Å². The molecule has 5 N–H and O–H groups in total. The number of terminal acetylenes is 1. The topological polar surface area (TPSA) is 232 Å². The van der Waals surface area contributed by atoms with Crippen LogP contribution in [0, 0.1) is 23.6 Å². The van der Waals surface area contributed by atoms with E-state index < -0.39 is 32.2 Å². The van der Waals surface area contributed by atoms with Crippen molar-refractivity contribution in [3.05, 3.63) is 28.6 Å². The fourth-order valence-electron chi connectivity index (χ4n) is 4.63. The van der Waals surface area contributed by atoms with Crippen LogP contribution in [-0.4, -0.2) is 109 Å². The molecule has 0 aliphatic carbocycles. The Labute approximate surface area is 338 Å². The summed E-state index contributed by atoms with van der Waals surface area (Å²) < 4.78 is 36.3. The number of amides is 1. The molecule has 0 spiro atoms. The number of carbonyl (C=O) groups is 2. The van der Waals surface area contributed by atoms with Crippen molar-refractivity contribution < 1.29 is 38.2 Å². The van der Waals surface area contributed by atoms with Gasteiger partial charge in [-0.15, -0.1) is 6.42 Å². The Balaban J connectivity index is 0.000000308. The van der Waals surface area contributed by atoms with Crippen molar-refractivity contribution in [2.75, 3.05) is 73.1 Å². The molecule has 5 rings (SSSR count). The molecule has 3 aromatic rings. The number of thioether (sulfide) groups is 1. The van der Waals surface area contributed by atoms with Gasteiger partial charge in [0.15, 0.2) is 17.6 Å². The number of carboxylic acids is 1. The van der Waals surface area contributed by atoms with E-state index in [0.717, 1.165) is 30.5 Å². The quantitative estimate of drug-likeness (QED) is 0.0854. The SMILES string of the molecule is C#CCN1C(=O)COc2cc(F)c(/N=c3\snc4n3CC(C)(C)C4)cc21.CCNc1nc(NC(C)(C)C)nc(SC)n1.C[S+](C)C.O=C(O)CNCP(=O)([O-])O. The van der Waals surface area contributed by atoms with E-state index >= 15 is 0 Å². The summed E-state index contributed by atoms with van der Waals surface area (Å²) in [4.78, 5) is 59.2. The molecule has 2 aliphatic heterocycles. The maximum Gasteiger partial charge on any atom is 0.317 e. The monoisotopic (exact) mass is 858 g/mol. The van der Waals surface area contributed by atoms with Gasteiger partial charge in [0.25, 0.3) is 5.91 Å². The normalized spacial score (nSPS) is 15.3. The van der Waals surface area contributed by atoms with E-state index in [0.29, 0.717) is 39.0 Å². The molecule has 1 aromatic carbocycles. The zero-order valence-electron chi connectivity index (χ0n) is 33.3. The van der Waals surface area contributed by atoms with Gasteiger partial charge in [-0.3, -0.25) is 19.8 Å². The molecule has 2 aromatic heterocycles. The first-order valence-corrected chi connectivity index (χ1v) is 23.3. The Morgan fingerprint density at radius 1 is 1.25 bits per heavy atom. The van der Waals surface area contributed by atoms with E-state index in [1.165, 1.54) is 40.3 Å². The number of nitrogens with zero attached hydrogens (tertiary/aromatic N) is 7. The van der Waals surface area contributed by atoms with Crippen molar-refractivity contribution in [3.63, 3.8) is 0 Å². The summed E-state index contributed by atoms with van der Waals surface area (Å²) >= 11 is 2.75. The number of anilines is 3. The number of benzene rings is 1. The van der Waals surface area contributed by atoms with Crippen molar-refractivity contribution in [3.8, 4) is 18.1 Å². The summed E-state index contributed by atoms with van der Waals surface area (Å²) in [6, 6.07) is 2.76. The molecule has 1 atom stereocenters. The highest BCUT2D eigenvalue weighted by Crippen LogP contribution is 2.37. The van der Waals surface area contributed by atoms with Gasteiger partial charge in [-0.1, -0.05) is 31.5 Å². The van der Waals surface area contributed by atoms with Crippen molar-refractivity contribution in [1.82, 2.24) is 29.2 Å². The van der Waals surface area contributed by atoms with Crippen molar-refractivity contribution in [1.29, 1.82) is 0 Å². The van der Waals surface area contributed by atoms with Gasteiger partial charge >= 0.3 is 5.97 Å². The summed E-state index contributed by atoms with van der Waals surface area (Å²) in [6.45, 7) is 13.6. The van der Waals surface area contributed by atoms with E-state index in [1.54, 1.807) is 0 Å². The fraction of sp³-hybridized carbons (Fsp3) is 0.559. The number of carbonyl (C=O) groups excluding carboxylic acids is 1. The summed E-state index contributed by atoms with van der Waals surface area (Å²) in [5.41, 5.74) is 0.623. The second-order valence-electron chi connectivity index (χ2n) is 14.4. The van der Waals surface area contributed by atoms with E-state index in [1.807, 2.05) is 23.1 Å². The lowest BCUT2D eigenvalue weighted by atomic mass is 9.92. The highest BCUT2D eigenvalue weighted by Gasteiger charge is 2.31. The summed E-state index contributed by atoms with van der Waals surface area (Å²) in [6.07, 6.45) is 14.0. The molecule has 0 saturated heterocycles. The van der Waals surface area contributed by atoms with Crippen LogP contribution in [-0.2, 0) is 38.0 Å². The summed E-state index contributed by atoms with van der Waals surface area (Å²) in [7, 11) is -3.71. The minimum Gasteiger partial charge on any atom is -0.778 e. The van der Waals surface area contributed by atoms with Crippen LogP contribution in [0.2, 0.25) is 0 Å². The Kier molecular flexibility index (Phi) is 18.7. The first-order chi connectivity index (χ1) is 26.0. The first-order valence-electron chi connectivity index (χ1n) is 17.0. The number of aromatic nitrogens is 5. The van der Waals surface area contributed by atoms with Crippen molar-refractivity contribution >= 4 is 76.9 Å². The third-order valence-corrected chi connectivity index (χ3v) is 8.59. The van der Waals surface area contributed by atoms with Crippen molar-refractivity contribution in [2.45, 2.75) is 65.2 Å². The third-order valence-electron chi connectivity index (χ3n) is 6.64. The van der Waals surface area contributed by atoms with E-state index in [9.17, 15) is 23.4 Å². The highest BCUT2D eigenvalue weighted by molar-refractivity contribution is 7.98. The van der Waals surface area contributed by atoms with Crippen LogP contribution in [0.4, 0.5) is 27.7 Å². The maximum absolute atomic E-state index is 14.5. The Morgan fingerprint density at radius 2 is 1.89 bits per heavy atom. The van der Waals surface area contributed by atoms with Gasteiger partial charge in [0, 0.05) is 42.6 Å².